The molecule has 1 N–H and O–H groups in total. The molecule has 0 radical (unpaired) electrons. The topological polar surface area (TPSA) is 67.2 Å². The van der Waals surface area contributed by atoms with Crippen molar-refractivity contribution in [3.63, 3.8) is 0 Å². The van der Waals surface area contributed by atoms with Gasteiger partial charge < -0.3 is 10.2 Å². The smallest absolute Gasteiger partial charge is 0.262 e. The maximum Gasteiger partial charge on any atom is 0.262 e. The molecule has 3 aromatic rings. The highest BCUT2D eigenvalue weighted by atomic mass is 35.5. The number of amides is 1. The standard InChI is InChI=1S/C21H24N4O2S.ClH/c1-14-3-5-16(6-4-14)17-12-28-20-19(17)21(27)24(13-23-20)9-7-18(26)25-10-8-22-11-15(25)2;/h3-6,12-13,15,22H,7-11H2,1-2H3;1H. The van der Waals surface area contributed by atoms with Gasteiger partial charge in [-0.2, -0.15) is 0 Å². The first-order valence-corrected chi connectivity index (χ1v) is 10.5. The molecule has 6 nitrogen and oxygen atoms in total. The molecule has 29 heavy (non-hydrogen) atoms. The first kappa shape index (κ1) is 21.5. The molecule has 1 saturated heterocycles. The highest BCUT2D eigenvalue weighted by Gasteiger charge is 2.23. The van der Waals surface area contributed by atoms with Crippen molar-refractivity contribution in [3.05, 3.63) is 51.9 Å². The molecule has 8 heteroatoms. The predicted molar refractivity (Wildman–Crippen MR) is 120 cm³/mol. The van der Waals surface area contributed by atoms with Crippen molar-refractivity contribution < 1.29 is 4.79 Å². The van der Waals surface area contributed by atoms with Gasteiger partial charge in [0.05, 0.1) is 11.7 Å². The van der Waals surface area contributed by atoms with Crippen molar-refractivity contribution in [2.45, 2.75) is 32.9 Å². The summed E-state index contributed by atoms with van der Waals surface area (Å²) in [5.41, 5.74) is 3.02. The average Bonchev–Trinajstić information content (AvgIpc) is 3.13. The zero-order chi connectivity index (χ0) is 19.7. The molecular formula is C21H25ClN4O2S. The third-order valence-corrected chi connectivity index (χ3v) is 6.20. The van der Waals surface area contributed by atoms with E-state index >= 15 is 0 Å². The lowest BCUT2D eigenvalue weighted by Crippen LogP contribution is -2.52. The third kappa shape index (κ3) is 4.37. The largest absolute Gasteiger partial charge is 0.337 e. The second-order valence-corrected chi connectivity index (χ2v) is 8.19. The Morgan fingerprint density at radius 3 is 2.79 bits per heavy atom. The van der Waals surface area contributed by atoms with E-state index in [1.54, 1.807) is 10.9 Å². The summed E-state index contributed by atoms with van der Waals surface area (Å²) < 4.78 is 1.57. The van der Waals surface area contributed by atoms with Gasteiger partial charge in [-0.3, -0.25) is 14.2 Å². The van der Waals surface area contributed by atoms with Crippen molar-refractivity contribution in [1.82, 2.24) is 19.8 Å². The van der Waals surface area contributed by atoms with Gasteiger partial charge in [-0.15, -0.1) is 23.7 Å². The van der Waals surface area contributed by atoms with E-state index in [1.807, 2.05) is 48.4 Å². The molecule has 2 aromatic heterocycles. The molecule has 1 amide bonds. The summed E-state index contributed by atoms with van der Waals surface area (Å²) in [4.78, 5) is 32.8. The molecule has 0 bridgehead atoms. The van der Waals surface area contributed by atoms with Crippen LogP contribution in [0.1, 0.15) is 18.9 Å². The van der Waals surface area contributed by atoms with Crippen LogP contribution in [0.4, 0.5) is 0 Å². The first-order valence-electron chi connectivity index (χ1n) is 9.58. The number of rotatable bonds is 4. The Labute approximate surface area is 180 Å². The van der Waals surface area contributed by atoms with Crippen LogP contribution in [0.2, 0.25) is 0 Å². The molecule has 0 aliphatic carbocycles. The lowest BCUT2D eigenvalue weighted by molar-refractivity contribution is -0.134. The summed E-state index contributed by atoms with van der Waals surface area (Å²) >= 11 is 1.48. The van der Waals surface area contributed by atoms with Gasteiger partial charge in [-0.1, -0.05) is 29.8 Å². The average molecular weight is 433 g/mol. The Morgan fingerprint density at radius 1 is 1.31 bits per heavy atom. The Balaban J connectivity index is 0.00000240. The summed E-state index contributed by atoms with van der Waals surface area (Å²) in [6, 6.07) is 8.33. The molecule has 4 rings (SSSR count). The van der Waals surface area contributed by atoms with E-state index in [-0.39, 0.29) is 29.9 Å². The van der Waals surface area contributed by atoms with E-state index in [0.717, 1.165) is 29.0 Å². The van der Waals surface area contributed by atoms with Gasteiger partial charge in [0.25, 0.3) is 5.56 Å². The number of hydrogen-bond acceptors (Lipinski definition) is 5. The molecule has 0 spiro atoms. The fourth-order valence-corrected chi connectivity index (χ4v) is 4.55. The molecule has 1 aliphatic rings. The monoisotopic (exact) mass is 432 g/mol. The fourth-order valence-electron chi connectivity index (χ4n) is 3.64. The van der Waals surface area contributed by atoms with Gasteiger partial charge in [0.15, 0.2) is 0 Å². The van der Waals surface area contributed by atoms with Crippen molar-refractivity contribution in [1.29, 1.82) is 0 Å². The van der Waals surface area contributed by atoms with E-state index in [9.17, 15) is 9.59 Å². The molecule has 154 valence electrons. The van der Waals surface area contributed by atoms with Crippen LogP contribution in [0, 0.1) is 6.92 Å². The number of carbonyl (C=O) groups excluding carboxylic acids is 1. The summed E-state index contributed by atoms with van der Waals surface area (Å²) in [5.74, 6) is 0.0880. The van der Waals surface area contributed by atoms with Crippen LogP contribution in [0.5, 0.6) is 0 Å². The fraction of sp³-hybridized carbons (Fsp3) is 0.381. The second-order valence-electron chi connectivity index (χ2n) is 7.33. The maximum atomic E-state index is 13.1. The zero-order valence-electron chi connectivity index (χ0n) is 16.6. The SMILES string of the molecule is Cc1ccc(-c2csc3ncn(CCC(=O)N4CCNCC4C)c(=O)c23)cc1.Cl. The number of fused-ring (bicyclic) bond motifs is 1. The van der Waals surface area contributed by atoms with Gasteiger partial charge in [-0.05, 0) is 19.4 Å². The molecule has 0 saturated carbocycles. The van der Waals surface area contributed by atoms with Crippen LogP contribution in [0.3, 0.4) is 0 Å². The number of benzene rings is 1. The normalized spacial score (nSPS) is 16.6. The highest BCUT2D eigenvalue weighted by Crippen LogP contribution is 2.30. The van der Waals surface area contributed by atoms with E-state index < -0.39 is 0 Å². The second kappa shape index (κ2) is 9.07. The number of nitrogens with zero attached hydrogens (tertiary/aromatic N) is 3. The van der Waals surface area contributed by atoms with Gasteiger partial charge in [0, 0.05) is 49.6 Å². The van der Waals surface area contributed by atoms with Crippen molar-refractivity contribution >= 4 is 39.9 Å². The summed E-state index contributed by atoms with van der Waals surface area (Å²) in [5, 5.41) is 5.91. The van der Waals surface area contributed by atoms with E-state index in [2.05, 4.69) is 10.3 Å². The molecule has 3 heterocycles. The van der Waals surface area contributed by atoms with Gasteiger partial charge >= 0.3 is 0 Å². The first-order chi connectivity index (χ1) is 13.5. The minimum Gasteiger partial charge on any atom is -0.337 e. The Bertz CT molecular complexity index is 1060. The number of piperazine rings is 1. The number of thiophene rings is 1. The van der Waals surface area contributed by atoms with Crippen molar-refractivity contribution in [2.75, 3.05) is 19.6 Å². The van der Waals surface area contributed by atoms with Crippen LogP contribution in [-0.4, -0.2) is 46.0 Å². The Hall–Kier alpha value is -2.22. The van der Waals surface area contributed by atoms with E-state index in [4.69, 9.17) is 0 Å². The number of halogens is 1. The van der Waals surface area contributed by atoms with Crippen LogP contribution < -0.4 is 10.9 Å². The van der Waals surface area contributed by atoms with Crippen molar-refractivity contribution in [3.8, 4) is 11.1 Å². The Kier molecular flexibility index (Phi) is 6.72. The summed E-state index contributed by atoms with van der Waals surface area (Å²) in [7, 11) is 0. The predicted octanol–water partition coefficient (Wildman–Crippen LogP) is 3.07. The minimum absolute atomic E-state index is 0. The molecule has 1 unspecified atom stereocenters. The highest BCUT2D eigenvalue weighted by molar-refractivity contribution is 7.17. The molecule has 1 atom stereocenters. The van der Waals surface area contributed by atoms with E-state index in [0.29, 0.717) is 24.9 Å². The summed E-state index contributed by atoms with van der Waals surface area (Å²) in [6.07, 6.45) is 1.87. The van der Waals surface area contributed by atoms with Gasteiger partial charge in [0.1, 0.15) is 4.83 Å². The van der Waals surface area contributed by atoms with Crippen LogP contribution >= 0.6 is 23.7 Å². The minimum atomic E-state index is -0.0806. The van der Waals surface area contributed by atoms with Crippen molar-refractivity contribution in [2.24, 2.45) is 0 Å². The van der Waals surface area contributed by atoms with Gasteiger partial charge in [0.2, 0.25) is 5.91 Å². The zero-order valence-corrected chi connectivity index (χ0v) is 18.2. The number of aryl methyl sites for hydroxylation is 2. The van der Waals surface area contributed by atoms with Crippen LogP contribution in [-0.2, 0) is 11.3 Å². The number of aromatic nitrogens is 2. The number of nitrogens with one attached hydrogen (secondary N) is 1. The summed E-state index contributed by atoms with van der Waals surface area (Å²) in [6.45, 7) is 6.78. The molecular weight excluding hydrogens is 408 g/mol. The number of hydrogen-bond donors (Lipinski definition) is 1. The maximum absolute atomic E-state index is 13.1. The van der Waals surface area contributed by atoms with E-state index in [1.165, 1.54) is 16.9 Å². The quantitative estimate of drug-likeness (QED) is 0.688. The number of carbonyl (C=O) groups is 1. The lowest BCUT2D eigenvalue weighted by Gasteiger charge is -2.34. The molecule has 1 fully saturated rings. The van der Waals surface area contributed by atoms with Gasteiger partial charge in [-0.25, -0.2) is 4.98 Å². The van der Waals surface area contributed by atoms with Crippen LogP contribution in [0.15, 0.2) is 40.8 Å². The third-order valence-electron chi connectivity index (χ3n) is 5.31. The van der Waals surface area contributed by atoms with Crippen LogP contribution in [0.25, 0.3) is 21.3 Å². The molecule has 1 aromatic carbocycles. The Morgan fingerprint density at radius 2 is 2.07 bits per heavy atom. The molecule has 1 aliphatic heterocycles. The lowest BCUT2D eigenvalue weighted by atomic mass is 10.1.